The summed E-state index contributed by atoms with van der Waals surface area (Å²) < 4.78 is 0. The van der Waals surface area contributed by atoms with Crippen molar-refractivity contribution in [3.8, 4) is 0 Å². The summed E-state index contributed by atoms with van der Waals surface area (Å²) in [6.07, 6.45) is 6.06. The van der Waals surface area contributed by atoms with Gasteiger partial charge in [-0.15, -0.1) is 0 Å². The molecule has 1 unspecified atom stereocenters. The topological polar surface area (TPSA) is 34.1 Å². The highest BCUT2D eigenvalue weighted by atomic mass is 16.1. The molecule has 0 aromatic heterocycles. The molecule has 0 radical (unpaired) electrons. The number of hydrogen-bond donors (Lipinski definition) is 0. The first-order chi connectivity index (χ1) is 7.09. The SMILES string of the molecule is CC(C=O)[C@H]1CC[C@H]2C(=O)CCC[C@]12C. The number of carbonyl (C=O) groups excluding carboxylic acids is 2. The first-order valence-corrected chi connectivity index (χ1v) is 6.07. The maximum Gasteiger partial charge on any atom is 0.136 e. The highest BCUT2D eigenvalue weighted by Crippen LogP contribution is 2.56. The smallest absolute Gasteiger partial charge is 0.136 e. The lowest BCUT2D eigenvalue weighted by molar-refractivity contribution is -0.131. The Bertz CT molecular complexity index is 284. The molecule has 0 N–H and O–H groups in total. The third kappa shape index (κ3) is 1.54. The number of carbonyl (C=O) groups is 2. The van der Waals surface area contributed by atoms with Gasteiger partial charge in [0.1, 0.15) is 12.1 Å². The van der Waals surface area contributed by atoms with Crippen molar-refractivity contribution in [2.45, 2.75) is 46.0 Å². The molecule has 0 saturated heterocycles. The van der Waals surface area contributed by atoms with E-state index in [1.54, 1.807) is 0 Å². The maximum absolute atomic E-state index is 11.8. The first kappa shape index (κ1) is 10.8. The quantitative estimate of drug-likeness (QED) is 0.654. The van der Waals surface area contributed by atoms with Crippen LogP contribution in [-0.2, 0) is 9.59 Å². The number of fused-ring (bicyclic) bond motifs is 1. The minimum Gasteiger partial charge on any atom is -0.303 e. The molecule has 2 saturated carbocycles. The highest BCUT2D eigenvalue weighted by molar-refractivity contribution is 5.83. The van der Waals surface area contributed by atoms with Crippen molar-refractivity contribution in [3.05, 3.63) is 0 Å². The van der Waals surface area contributed by atoms with Crippen LogP contribution in [0.25, 0.3) is 0 Å². The predicted octanol–water partition coefficient (Wildman–Crippen LogP) is 2.61. The number of Topliss-reactive ketones (excluding diaryl/α,β-unsaturated/α-hetero) is 1. The van der Waals surface area contributed by atoms with Crippen LogP contribution in [0.5, 0.6) is 0 Å². The van der Waals surface area contributed by atoms with Crippen molar-refractivity contribution in [2.75, 3.05) is 0 Å². The van der Waals surface area contributed by atoms with Gasteiger partial charge in [-0.2, -0.15) is 0 Å². The third-order valence-electron chi connectivity index (χ3n) is 4.79. The third-order valence-corrected chi connectivity index (χ3v) is 4.79. The van der Waals surface area contributed by atoms with Crippen LogP contribution < -0.4 is 0 Å². The highest BCUT2D eigenvalue weighted by Gasteiger charge is 2.52. The van der Waals surface area contributed by atoms with E-state index in [0.717, 1.165) is 38.4 Å². The molecule has 84 valence electrons. The molecule has 4 atom stereocenters. The largest absolute Gasteiger partial charge is 0.303 e. The second-order valence-electron chi connectivity index (χ2n) is 5.56. The zero-order valence-corrected chi connectivity index (χ0v) is 9.66. The van der Waals surface area contributed by atoms with Crippen molar-refractivity contribution >= 4 is 12.1 Å². The van der Waals surface area contributed by atoms with Crippen LogP contribution in [0.4, 0.5) is 0 Å². The van der Waals surface area contributed by atoms with Crippen molar-refractivity contribution in [1.82, 2.24) is 0 Å². The lowest BCUT2D eigenvalue weighted by Crippen LogP contribution is -2.39. The van der Waals surface area contributed by atoms with Crippen LogP contribution in [0, 0.1) is 23.2 Å². The summed E-state index contributed by atoms with van der Waals surface area (Å²) in [4.78, 5) is 22.8. The summed E-state index contributed by atoms with van der Waals surface area (Å²) in [5.41, 5.74) is 0.121. The minimum absolute atomic E-state index is 0.117. The first-order valence-electron chi connectivity index (χ1n) is 6.07. The van der Waals surface area contributed by atoms with Gasteiger partial charge in [-0.05, 0) is 37.0 Å². The van der Waals surface area contributed by atoms with E-state index in [1.807, 2.05) is 6.92 Å². The average molecular weight is 208 g/mol. The van der Waals surface area contributed by atoms with E-state index >= 15 is 0 Å². The van der Waals surface area contributed by atoms with Gasteiger partial charge in [0.2, 0.25) is 0 Å². The van der Waals surface area contributed by atoms with Gasteiger partial charge in [-0.3, -0.25) is 4.79 Å². The van der Waals surface area contributed by atoms with Gasteiger partial charge in [0, 0.05) is 18.3 Å². The van der Waals surface area contributed by atoms with Crippen molar-refractivity contribution in [3.63, 3.8) is 0 Å². The van der Waals surface area contributed by atoms with Crippen LogP contribution in [0.15, 0.2) is 0 Å². The molecule has 0 spiro atoms. The lowest BCUT2D eigenvalue weighted by Gasteiger charge is -2.41. The van der Waals surface area contributed by atoms with Crippen LogP contribution in [-0.4, -0.2) is 12.1 Å². The van der Waals surface area contributed by atoms with E-state index in [1.165, 1.54) is 0 Å². The fourth-order valence-corrected chi connectivity index (χ4v) is 3.93. The Morgan fingerprint density at radius 1 is 1.47 bits per heavy atom. The van der Waals surface area contributed by atoms with Crippen LogP contribution in [0.3, 0.4) is 0 Å². The molecule has 0 aromatic carbocycles. The Morgan fingerprint density at radius 2 is 2.20 bits per heavy atom. The van der Waals surface area contributed by atoms with E-state index in [-0.39, 0.29) is 17.3 Å². The van der Waals surface area contributed by atoms with Gasteiger partial charge in [-0.25, -0.2) is 0 Å². The monoisotopic (exact) mass is 208 g/mol. The lowest BCUT2D eigenvalue weighted by atomic mass is 9.62. The van der Waals surface area contributed by atoms with E-state index in [0.29, 0.717) is 11.7 Å². The van der Waals surface area contributed by atoms with E-state index < -0.39 is 0 Å². The summed E-state index contributed by atoms with van der Waals surface area (Å²) in [6, 6.07) is 0. The van der Waals surface area contributed by atoms with E-state index in [4.69, 9.17) is 0 Å². The van der Waals surface area contributed by atoms with Gasteiger partial charge < -0.3 is 4.79 Å². The molecule has 2 fully saturated rings. The summed E-state index contributed by atoms with van der Waals surface area (Å²) >= 11 is 0. The maximum atomic E-state index is 11.8. The van der Waals surface area contributed by atoms with Crippen molar-refractivity contribution in [2.24, 2.45) is 23.2 Å². The second-order valence-corrected chi connectivity index (χ2v) is 5.56. The standard InChI is InChI=1S/C13H20O2/c1-9(8-14)10-5-6-11-12(15)4-3-7-13(10,11)2/h8-11H,3-7H2,1-2H3/t9?,10-,11+,13-/m1/s1. The number of aldehydes is 1. The fraction of sp³-hybridized carbons (Fsp3) is 0.846. The van der Waals surface area contributed by atoms with Crippen molar-refractivity contribution < 1.29 is 9.59 Å². The number of rotatable bonds is 2. The molecule has 2 aliphatic rings. The Morgan fingerprint density at radius 3 is 2.87 bits per heavy atom. The van der Waals surface area contributed by atoms with Gasteiger partial charge >= 0.3 is 0 Å². The van der Waals surface area contributed by atoms with Crippen LogP contribution in [0.2, 0.25) is 0 Å². The minimum atomic E-state index is 0.117. The number of hydrogen-bond acceptors (Lipinski definition) is 2. The number of ketones is 1. The molecule has 0 aliphatic heterocycles. The predicted molar refractivity (Wildman–Crippen MR) is 58.4 cm³/mol. The van der Waals surface area contributed by atoms with Crippen molar-refractivity contribution in [1.29, 1.82) is 0 Å². The fourth-order valence-electron chi connectivity index (χ4n) is 3.93. The van der Waals surface area contributed by atoms with E-state index in [2.05, 4.69) is 6.92 Å². The summed E-state index contributed by atoms with van der Waals surface area (Å²) in [7, 11) is 0. The molecule has 15 heavy (non-hydrogen) atoms. The molecule has 0 heterocycles. The zero-order valence-electron chi connectivity index (χ0n) is 9.66. The van der Waals surface area contributed by atoms with Crippen LogP contribution >= 0.6 is 0 Å². The normalized spacial score (nSPS) is 42.4. The van der Waals surface area contributed by atoms with E-state index in [9.17, 15) is 9.59 Å². The Balaban J connectivity index is 2.24. The molecule has 2 heteroatoms. The summed E-state index contributed by atoms with van der Waals surface area (Å²) in [6.45, 7) is 4.23. The van der Waals surface area contributed by atoms with Gasteiger partial charge in [-0.1, -0.05) is 13.8 Å². The molecule has 0 bridgehead atoms. The van der Waals surface area contributed by atoms with Gasteiger partial charge in [0.25, 0.3) is 0 Å². The van der Waals surface area contributed by atoms with Crippen LogP contribution in [0.1, 0.15) is 46.0 Å². The molecule has 2 nitrogen and oxygen atoms in total. The Labute approximate surface area is 91.4 Å². The zero-order chi connectivity index (χ0) is 11.1. The van der Waals surface area contributed by atoms with Gasteiger partial charge in [0.15, 0.2) is 0 Å². The second kappa shape index (κ2) is 3.73. The summed E-state index contributed by atoms with van der Waals surface area (Å²) in [5, 5.41) is 0. The Kier molecular flexibility index (Phi) is 2.70. The molecule has 0 amide bonds. The average Bonchev–Trinajstić information content (AvgIpc) is 2.56. The van der Waals surface area contributed by atoms with Gasteiger partial charge in [0.05, 0.1) is 0 Å². The Hall–Kier alpha value is -0.660. The molecule has 2 aliphatic carbocycles. The summed E-state index contributed by atoms with van der Waals surface area (Å²) in [5.74, 6) is 1.25. The molecule has 2 rings (SSSR count). The molecular weight excluding hydrogens is 188 g/mol. The molecule has 0 aromatic rings. The molecular formula is C13H20O2.